The minimum Gasteiger partial charge on any atom is -0.395 e. The molecule has 5 nitrogen and oxygen atoms in total. The molecule has 0 aliphatic carbocycles. The van der Waals surface area contributed by atoms with E-state index in [4.69, 9.17) is 32.2 Å². The van der Waals surface area contributed by atoms with Crippen molar-refractivity contribution in [2.24, 2.45) is 0 Å². The largest absolute Gasteiger partial charge is 0.584 e. The van der Waals surface area contributed by atoms with E-state index in [-0.39, 0.29) is 5.75 Å². The maximum Gasteiger partial charge on any atom is 0.584 e. The lowest BCUT2D eigenvalue weighted by atomic mass is 10.2. The van der Waals surface area contributed by atoms with E-state index in [9.17, 15) is 9.46 Å². The molecule has 0 bridgehead atoms. The van der Waals surface area contributed by atoms with Crippen molar-refractivity contribution in [1.29, 1.82) is 0 Å². The molecule has 8 heteroatoms. The molecular formula is C17H22Cl2NO4P. The average Bonchev–Trinajstić information content (AvgIpc) is 2.58. The molecule has 0 amide bonds. The Bertz CT molecular complexity index is 637. The first-order valence-corrected chi connectivity index (χ1v) is 10.2. The Hall–Kier alpha value is -1.23. The van der Waals surface area contributed by atoms with Gasteiger partial charge in [-0.05, 0) is 31.2 Å². The van der Waals surface area contributed by atoms with Crippen LogP contribution in [0.4, 0.5) is 0 Å². The first-order valence-electron chi connectivity index (χ1n) is 7.63. The predicted molar refractivity (Wildman–Crippen MR) is 103 cm³/mol. The monoisotopic (exact) mass is 405 g/mol. The van der Waals surface area contributed by atoms with Crippen LogP contribution in [0.15, 0.2) is 54.6 Å². The third-order valence-corrected chi connectivity index (χ3v) is 4.01. The van der Waals surface area contributed by atoms with Crippen molar-refractivity contribution in [1.82, 2.24) is 5.32 Å². The summed E-state index contributed by atoms with van der Waals surface area (Å²) in [7, 11) is -4.15. The minimum atomic E-state index is -4.15. The van der Waals surface area contributed by atoms with E-state index in [0.717, 1.165) is 18.7 Å². The molecule has 25 heavy (non-hydrogen) atoms. The molecule has 1 atom stereocenters. The SMILES string of the molecule is Cc1ccc(OP(=O)(O)Oc2ccccc2)cc1.ClCCNCCCl. The molecule has 0 saturated carbocycles. The van der Waals surface area contributed by atoms with Gasteiger partial charge in [-0.25, -0.2) is 4.57 Å². The van der Waals surface area contributed by atoms with Crippen LogP contribution >= 0.6 is 31.0 Å². The highest BCUT2D eigenvalue weighted by Gasteiger charge is 2.24. The number of rotatable bonds is 8. The van der Waals surface area contributed by atoms with Gasteiger partial charge in [-0.15, -0.1) is 23.2 Å². The van der Waals surface area contributed by atoms with Gasteiger partial charge in [0.2, 0.25) is 0 Å². The predicted octanol–water partition coefficient (Wildman–Crippen LogP) is 4.61. The highest BCUT2D eigenvalue weighted by molar-refractivity contribution is 7.48. The molecule has 0 fully saturated rings. The smallest absolute Gasteiger partial charge is 0.395 e. The van der Waals surface area contributed by atoms with Crippen LogP contribution < -0.4 is 14.4 Å². The molecule has 0 aliphatic rings. The quantitative estimate of drug-likeness (QED) is 0.381. The van der Waals surface area contributed by atoms with Gasteiger partial charge >= 0.3 is 7.82 Å². The van der Waals surface area contributed by atoms with Crippen molar-refractivity contribution in [3.05, 3.63) is 60.2 Å². The van der Waals surface area contributed by atoms with Crippen LogP contribution in [-0.2, 0) is 4.57 Å². The fraction of sp³-hybridized carbons (Fsp3) is 0.294. The lowest BCUT2D eigenvalue weighted by Crippen LogP contribution is -2.18. The zero-order chi connectivity index (χ0) is 18.5. The fourth-order valence-electron chi connectivity index (χ4n) is 1.62. The van der Waals surface area contributed by atoms with Crippen LogP contribution in [-0.4, -0.2) is 29.7 Å². The summed E-state index contributed by atoms with van der Waals surface area (Å²) in [6.07, 6.45) is 0. The number of hydrogen-bond donors (Lipinski definition) is 2. The van der Waals surface area contributed by atoms with E-state index in [1.54, 1.807) is 54.6 Å². The number of phosphoric acid groups is 1. The van der Waals surface area contributed by atoms with Crippen LogP contribution in [0.25, 0.3) is 0 Å². The number of alkyl halides is 2. The molecule has 0 aliphatic heterocycles. The van der Waals surface area contributed by atoms with E-state index in [1.807, 2.05) is 6.92 Å². The molecule has 0 aromatic heterocycles. The van der Waals surface area contributed by atoms with Crippen molar-refractivity contribution in [3.63, 3.8) is 0 Å². The topological polar surface area (TPSA) is 67.8 Å². The van der Waals surface area contributed by atoms with E-state index in [0.29, 0.717) is 17.5 Å². The van der Waals surface area contributed by atoms with Crippen molar-refractivity contribution in [2.45, 2.75) is 6.92 Å². The number of aryl methyl sites for hydroxylation is 1. The number of nitrogens with one attached hydrogen (secondary N) is 1. The lowest BCUT2D eigenvalue weighted by Gasteiger charge is -2.13. The van der Waals surface area contributed by atoms with Crippen molar-refractivity contribution < 1.29 is 18.5 Å². The molecule has 2 N–H and O–H groups in total. The number of hydrogen-bond acceptors (Lipinski definition) is 4. The number of benzene rings is 2. The fourth-order valence-corrected chi connectivity index (χ4v) is 2.70. The van der Waals surface area contributed by atoms with Gasteiger partial charge in [-0.2, -0.15) is 0 Å². The Morgan fingerprint density at radius 1 is 0.920 bits per heavy atom. The summed E-state index contributed by atoms with van der Waals surface area (Å²) in [5.41, 5.74) is 1.04. The Balaban J connectivity index is 0.000000381. The summed E-state index contributed by atoms with van der Waals surface area (Å²) in [5, 5.41) is 3.02. The van der Waals surface area contributed by atoms with Crippen LogP contribution in [0.1, 0.15) is 5.56 Å². The summed E-state index contributed by atoms with van der Waals surface area (Å²) in [6, 6.07) is 15.2. The van der Waals surface area contributed by atoms with Gasteiger partial charge in [0, 0.05) is 24.8 Å². The second kappa shape index (κ2) is 12.2. The molecule has 0 spiro atoms. The van der Waals surface area contributed by atoms with Gasteiger partial charge in [0.15, 0.2) is 0 Å². The summed E-state index contributed by atoms with van der Waals surface area (Å²) in [4.78, 5) is 9.60. The number of halogens is 2. The normalized spacial score (nSPS) is 12.5. The van der Waals surface area contributed by atoms with Gasteiger partial charge in [-0.1, -0.05) is 35.9 Å². The number of para-hydroxylation sites is 1. The molecule has 138 valence electrons. The van der Waals surface area contributed by atoms with E-state index < -0.39 is 7.82 Å². The highest BCUT2D eigenvalue weighted by Crippen LogP contribution is 2.44. The highest BCUT2D eigenvalue weighted by atomic mass is 35.5. The minimum absolute atomic E-state index is 0.287. The van der Waals surface area contributed by atoms with Crippen LogP contribution in [0.2, 0.25) is 0 Å². The Kier molecular flexibility index (Phi) is 10.6. The molecule has 0 radical (unpaired) electrons. The summed E-state index contributed by atoms with van der Waals surface area (Å²) >= 11 is 10.7. The Morgan fingerprint density at radius 2 is 1.40 bits per heavy atom. The second-order valence-electron chi connectivity index (χ2n) is 4.91. The first kappa shape index (κ1) is 21.8. The van der Waals surface area contributed by atoms with Gasteiger partial charge in [0.25, 0.3) is 0 Å². The van der Waals surface area contributed by atoms with Crippen LogP contribution in [0, 0.1) is 6.92 Å². The maximum atomic E-state index is 11.7. The summed E-state index contributed by atoms with van der Waals surface area (Å²) in [6.45, 7) is 3.63. The van der Waals surface area contributed by atoms with E-state index >= 15 is 0 Å². The molecule has 2 aromatic rings. The zero-order valence-corrected chi connectivity index (χ0v) is 16.3. The summed E-state index contributed by atoms with van der Waals surface area (Å²) < 4.78 is 21.6. The molecule has 2 rings (SSSR count). The number of phosphoric ester groups is 1. The standard InChI is InChI=1S/C13H13O4P.C4H9Cl2N/c1-11-7-9-13(10-8-11)17-18(14,15)16-12-5-3-2-4-6-12;5-1-3-7-4-2-6/h2-10H,1H3,(H,14,15);7H,1-4H2. The van der Waals surface area contributed by atoms with E-state index in [1.165, 1.54) is 0 Å². The van der Waals surface area contributed by atoms with Crippen LogP contribution in [0.3, 0.4) is 0 Å². The van der Waals surface area contributed by atoms with Gasteiger partial charge in [0.05, 0.1) is 0 Å². The maximum absolute atomic E-state index is 11.7. The lowest BCUT2D eigenvalue weighted by molar-refractivity contribution is 0.291. The Labute approximate surface area is 158 Å². The molecular weight excluding hydrogens is 384 g/mol. The zero-order valence-electron chi connectivity index (χ0n) is 13.9. The van der Waals surface area contributed by atoms with Gasteiger partial charge < -0.3 is 14.4 Å². The summed E-state index contributed by atoms with van der Waals surface area (Å²) in [5.74, 6) is 1.91. The Morgan fingerprint density at radius 3 is 1.88 bits per heavy atom. The van der Waals surface area contributed by atoms with Crippen LogP contribution in [0.5, 0.6) is 11.5 Å². The second-order valence-corrected chi connectivity index (χ2v) is 6.96. The van der Waals surface area contributed by atoms with Gasteiger partial charge in [-0.3, -0.25) is 4.89 Å². The average molecular weight is 406 g/mol. The third kappa shape index (κ3) is 10.4. The molecule has 0 saturated heterocycles. The van der Waals surface area contributed by atoms with Crippen molar-refractivity contribution in [3.8, 4) is 11.5 Å². The van der Waals surface area contributed by atoms with Crippen molar-refractivity contribution >= 4 is 31.0 Å². The van der Waals surface area contributed by atoms with E-state index in [2.05, 4.69) is 5.32 Å². The van der Waals surface area contributed by atoms with Crippen molar-refractivity contribution in [2.75, 3.05) is 24.8 Å². The third-order valence-electron chi connectivity index (χ3n) is 2.75. The molecule has 0 heterocycles. The first-order chi connectivity index (χ1) is 12.0. The van der Waals surface area contributed by atoms with Gasteiger partial charge in [0.1, 0.15) is 11.5 Å². The molecule has 2 aromatic carbocycles. The molecule has 1 unspecified atom stereocenters.